The number of likely N-dealkylation sites (N-methyl/N-ethyl adjacent to an activating group) is 1. The average molecular weight is 250 g/mol. The van der Waals surface area contributed by atoms with Gasteiger partial charge in [-0.2, -0.15) is 5.10 Å². The fourth-order valence-electron chi connectivity index (χ4n) is 1.78. The van der Waals surface area contributed by atoms with Crippen LogP contribution in [0.5, 0.6) is 0 Å². The Labute approximate surface area is 106 Å². The van der Waals surface area contributed by atoms with Gasteiger partial charge in [-0.25, -0.2) is 4.68 Å². The van der Waals surface area contributed by atoms with Crippen molar-refractivity contribution in [3.05, 3.63) is 47.2 Å². The van der Waals surface area contributed by atoms with Gasteiger partial charge in [-0.05, 0) is 36.7 Å². The minimum atomic E-state index is 0.452. The predicted molar refractivity (Wildman–Crippen MR) is 70.9 cm³/mol. The summed E-state index contributed by atoms with van der Waals surface area (Å²) in [6.07, 6.45) is 3.95. The molecule has 0 spiro atoms. The Bertz CT molecular complexity index is 493. The first-order valence-corrected chi connectivity index (χ1v) is 6.03. The molecule has 0 aliphatic heterocycles. The fraction of sp³-hybridized carbons (Fsp3) is 0.308. The molecule has 0 amide bonds. The highest BCUT2D eigenvalue weighted by molar-refractivity contribution is 6.30. The van der Waals surface area contributed by atoms with Gasteiger partial charge in [0.25, 0.3) is 0 Å². The summed E-state index contributed by atoms with van der Waals surface area (Å²) in [7, 11) is 1.96. The van der Waals surface area contributed by atoms with Gasteiger partial charge in [0.15, 0.2) is 0 Å². The highest BCUT2D eigenvalue weighted by Gasteiger charge is 2.08. The molecule has 0 bridgehead atoms. The van der Waals surface area contributed by atoms with E-state index in [2.05, 4.69) is 17.3 Å². The molecule has 0 saturated carbocycles. The average Bonchev–Trinajstić information content (AvgIpc) is 2.78. The molecule has 0 saturated heterocycles. The van der Waals surface area contributed by atoms with Crippen LogP contribution in [-0.4, -0.2) is 23.4 Å². The first-order valence-electron chi connectivity index (χ1n) is 5.66. The van der Waals surface area contributed by atoms with Crippen molar-refractivity contribution in [2.24, 2.45) is 0 Å². The maximum Gasteiger partial charge on any atom is 0.0660 e. The molecule has 1 atom stereocenters. The molecule has 1 aromatic carbocycles. The predicted octanol–water partition coefficient (Wildman–Crippen LogP) is 2.85. The molecule has 1 unspecified atom stereocenters. The fourth-order valence-corrected chi connectivity index (χ4v) is 1.96. The lowest BCUT2D eigenvalue weighted by Crippen LogP contribution is -2.14. The minimum absolute atomic E-state index is 0.452. The van der Waals surface area contributed by atoms with Crippen molar-refractivity contribution in [3.8, 4) is 5.69 Å². The zero-order chi connectivity index (χ0) is 12.3. The van der Waals surface area contributed by atoms with Crippen molar-refractivity contribution < 1.29 is 0 Å². The molecular formula is C13H16ClN3. The SMILES string of the molecule is CNCC(C)c1cnn(-c2cccc(Cl)c2)c1. The summed E-state index contributed by atoms with van der Waals surface area (Å²) in [5, 5.41) is 8.25. The largest absolute Gasteiger partial charge is 0.319 e. The van der Waals surface area contributed by atoms with E-state index in [1.807, 2.05) is 48.4 Å². The van der Waals surface area contributed by atoms with E-state index in [4.69, 9.17) is 11.6 Å². The van der Waals surface area contributed by atoms with Gasteiger partial charge in [-0.1, -0.05) is 24.6 Å². The quantitative estimate of drug-likeness (QED) is 0.903. The minimum Gasteiger partial charge on any atom is -0.319 e. The van der Waals surface area contributed by atoms with Gasteiger partial charge >= 0.3 is 0 Å². The third-order valence-electron chi connectivity index (χ3n) is 2.75. The third kappa shape index (κ3) is 2.87. The van der Waals surface area contributed by atoms with Crippen molar-refractivity contribution in [2.75, 3.05) is 13.6 Å². The van der Waals surface area contributed by atoms with Crippen LogP contribution in [0.3, 0.4) is 0 Å². The summed E-state index contributed by atoms with van der Waals surface area (Å²) in [5.74, 6) is 0.452. The second kappa shape index (κ2) is 5.34. The second-order valence-corrected chi connectivity index (χ2v) is 4.59. The number of hydrogen-bond acceptors (Lipinski definition) is 2. The second-order valence-electron chi connectivity index (χ2n) is 4.16. The van der Waals surface area contributed by atoms with Crippen molar-refractivity contribution >= 4 is 11.6 Å². The summed E-state index contributed by atoms with van der Waals surface area (Å²) < 4.78 is 1.85. The number of aromatic nitrogens is 2. The molecule has 17 heavy (non-hydrogen) atoms. The third-order valence-corrected chi connectivity index (χ3v) is 2.99. The van der Waals surface area contributed by atoms with E-state index in [-0.39, 0.29) is 0 Å². The maximum absolute atomic E-state index is 5.96. The van der Waals surface area contributed by atoms with Crippen molar-refractivity contribution in [3.63, 3.8) is 0 Å². The summed E-state index contributed by atoms with van der Waals surface area (Å²) in [4.78, 5) is 0. The van der Waals surface area contributed by atoms with Gasteiger partial charge in [0.05, 0.1) is 11.9 Å². The van der Waals surface area contributed by atoms with E-state index in [1.165, 1.54) is 5.56 Å². The van der Waals surface area contributed by atoms with Crippen LogP contribution in [0.2, 0.25) is 5.02 Å². The number of hydrogen-bond donors (Lipinski definition) is 1. The topological polar surface area (TPSA) is 29.9 Å². The van der Waals surface area contributed by atoms with Gasteiger partial charge < -0.3 is 5.32 Å². The number of nitrogens with zero attached hydrogens (tertiary/aromatic N) is 2. The van der Waals surface area contributed by atoms with Crippen LogP contribution in [0.25, 0.3) is 5.69 Å². The Morgan fingerprint density at radius 1 is 1.47 bits per heavy atom. The van der Waals surface area contributed by atoms with Crippen LogP contribution in [0.1, 0.15) is 18.4 Å². The lowest BCUT2D eigenvalue weighted by Gasteiger charge is -2.07. The monoisotopic (exact) mass is 249 g/mol. The summed E-state index contributed by atoms with van der Waals surface area (Å²) in [6, 6.07) is 7.68. The first-order chi connectivity index (χ1) is 8.20. The van der Waals surface area contributed by atoms with Crippen molar-refractivity contribution in [1.82, 2.24) is 15.1 Å². The highest BCUT2D eigenvalue weighted by atomic mass is 35.5. The first kappa shape index (κ1) is 12.1. The van der Waals surface area contributed by atoms with Crippen LogP contribution in [-0.2, 0) is 0 Å². The Kier molecular flexibility index (Phi) is 3.82. The normalized spacial score (nSPS) is 12.6. The standard InChI is InChI=1S/C13H16ClN3/c1-10(7-15-2)11-8-16-17(9-11)13-5-3-4-12(14)6-13/h3-6,8-10,15H,7H2,1-2H3. The van der Waals surface area contributed by atoms with E-state index in [1.54, 1.807) is 0 Å². The smallest absolute Gasteiger partial charge is 0.0660 e. The van der Waals surface area contributed by atoms with Gasteiger partial charge in [0.1, 0.15) is 0 Å². The van der Waals surface area contributed by atoms with Crippen LogP contribution in [0, 0.1) is 0 Å². The number of rotatable bonds is 4. The number of nitrogens with one attached hydrogen (secondary N) is 1. The molecule has 0 aliphatic carbocycles. The zero-order valence-corrected chi connectivity index (χ0v) is 10.8. The van der Waals surface area contributed by atoms with Gasteiger partial charge in [0, 0.05) is 17.8 Å². The van der Waals surface area contributed by atoms with Crippen molar-refractivity contribution in [1.29, 1.82) is 0 Å². The Hall–Kier alpha value is -1.32. The summed E-state index contributed by atoms with van der Waals surface area (Å²) in [5.41, 5.74) is 2.21. The van der Waals surface area contributed by atoms with E-state index in [0.717, 1.165) is 17.3 Å². The van der Waals surface area contributed by atoms with Crippen LogP contribution in [0.15, 0.2) is 36.7 Å². The van der Waals surface area contributed by atoms with Crippen molar-refractivity contribution in [2.45, 2.75) is 12.8 Å². The molecule has 0 radical (unpaired) electrons. The molecule has 2 rings (SSSR count). The molecule has 0 fully saturated rings. The molecule has 0 aliphatic rings. The lowest BCUT2D eigenvalue weighted by molar-refractivity contribution is 0.677. The molecule has 1 aromatic heterocycles. The van der Waals surface area contributed by atoms with Gasteiger partial charge in [-0.15, -0.1) is 0 Å². The molecule has 1 N–H and O–H groups in total. The summed E-state index contributed by atoms with van der Waals surface area (Å²) in [6.45, 7) is 3.12. The van der Waals surface area contributed by atoms with Crippen LogP contribution >= 0.6 is 11.6 Å². The van der Waals surface area contributed by atoms with E-state index in [0.29, 0.717) is 5.92 Å². The Balaban J connectivity index is 2.23. The maximum atomic E-state index is 5.96. The Morgan fingerprint density at radius 2 is 2.29 bits per heavy atom. The molecule has 4 heteroatoms. The molecular weight excluding hydrogens is 234 g/mol. The zero-order valence-electron chi connectivity index (χ0n) is 10.0. The lowest BCUT2D eigenvalue weighted by atomic mass is 10.1. The van der Waals surface area contributed by atoms with E-state index >= 15 is 0 Å². The van der Waals surface area contributed by atoms with Crippen LogP contribution in [0.4, 0.5) is 0 Å². The van der Waals surface area contributed by atoms with Crippen LogP contribution < -0.4 is 5.32 Å². The molecule has 90 valence electrons. The number of benzene rings is 1. The molecule has 3 nitrogen and oxygen atoms in total. The van der Waals surface area contributed by atoms with E-state index in [9.17, 15) is 0 Å². The van der Waals surface area contributed by atoms with Gasteiger partial charge in [-0.3, -0.25) is 0 Å². The Morgan fingerprint density at radius 3 is 3.00 bits per heavy atom. The molecule has 2 aromatic rings. The highest BCUT2D eigenvalue weighted by Crippen LogP contribution is 2.18. The molecule has 1 heterocycles. The van der Waals surface area contributed by atoms with E-state index < -0.39 is 0 Å². The number of halogens is 1. The van der Waals surface area contributed by atoms with Gasteiger partial charge in [0.2, 0.25) is 0 Å². The summed E-state index contributed by atoms with van der Waals surface area (Å²) >= 11 is 5.96.